The lowest BCUT2D eigenvalue weighted by atomic mass is 10.00. The second kappa shape index (κ2) is 5.06. The van der Waals surface area contributed by atoms with Crippen LogP contribution in [-0.4, -0.2) is 32.7 Å². The van der Waals surface area contributed by atoms with Crippen LogP contribution in [0.4, 0.5) is 5.69 Å². The summed E-state index contributed by atoms with van der Waals surface area (Å²) in [6, 6.07) is 0. The summed E-state index contributed by atoms with van der Waals surface area (Å²) >= 11 is 0. The van der Waals surface area contributed by atoms with E-state index in [-0.39, 0.29) is 10.6 Å². The number of aryl methyl sites for hydroxylation is 1. The van der Waals surface area contributed by atoms with E-state index in [0.717, 1.165) is 19.0 Å². The molecule has 2 rings (SSSR count). The molecule has 18 heavy (non-hydrogen) atoms. The van der Waals surface area contributed by atoms with Crippen molar-refractivity contribution in [3.8, 4) is 0 Å². The van der Waals surface area contributed by atoms with Crippen LogP contribution in [0.15, 0.2) is 0 Å². The molecule has 0 amide bonds. The minimum Gasteiger partial charge on any atom is -0.284 e. The average molecular weight is 252 g/mol. The van der Waals surface area contributed by atoms with Crippen LogP contribution in [0.2, 0.25) is 0 Å². The van der Waals surface area contributed by atoms with Gasteiger partial charge in [-0.2, -0.15) is 5.10 Å². The van der Waals surface area contributed by atoms with Crippen LogP contribution in [0, 0.1) is 29.9 Å². The van der Waals surface area contributed by atoms with Gasteiger partial charge in [0.2, 0.25) is 0 Å². The third-order valence-corrected chi connectivity index (χ3v) is 3.74. The van der Waals surface area contributed by atoms with Crippen LogP contribution in [0.5, 0.6) is 0 Å². The van der Waals surface area contributed by atoms with Crippen molar-refractivity contribution < 1.29 is 4.92 Å². The summed E-state index contributed by atoms with van der Waals surface area (Å²) in [6.45, 7) is 8.49. The highest BCUT2D eigenvalue weighted by molar-refractivity contribution is 5.39. The smallest absolute Gasteiger partial charge is 0.284 e. The first-order chi connectivity index (χ1) is 8.49. The standard InChI is InChI=1S/C12H20N4O2/c1-9-4-6-14(7-5-9)8-15-11(3)12(16(17)18)10(2)13-15/h9H,4-8H2,1-3H3. The summed E-state index contributed by atoms with van der Waals surface area (Å²) in [5.41, 5.74) is 1.30. The van der Waals surface area contributed by atoms with E-state index in [2.05, 4.69) is 16.9 Å². The van der Waals surface area contributed by atoms with Gasteiger partial charge in [-0.1, -0.05) is 6.92 Å². The van der Waals surface area contributed by atoms with Crippen molar-refractivity contribution in [1.29, 1.82) is 0 Å². The van der Waals surface area contributed by atoms with Gasteiger partial charge in [0.15, 0.2) is 0 Å². The van der Waals surface area contributed by atoms with E-state index in [9.17, 15) is 10.1 Å². The Bertz CT molecular complexity index is 447. The number of rotatable bonds is 3. The summed E-state index contributed by atoms with van der Waals surface area (Å²) in [6.07, 6.45) is 2.39. The largest absolute Gasteiger partial charge is 0.312 e. The first-order valence-corrected chi connectivity index (χ1v) is 6.39. The van der Waals surface area contributed by atoms with Gasteiger partial charge in [-0.25, -0.2) is 4.68 Å². The molecule has 0 bridgehead atoms. The summed E-state index contributed by atoms with van der Waals surface area (Å²) in [5, 5.41) is 15.2. The number of hydrogen-bond acceptors (Lipinski definition) is 4. The first-order valence-electron chi connectivity index (χ1n) is 6.39. The maximum absolute atomic E-state index is 10.9. The van der Waals surface area contributed by atoms with Crippen molar-refractivity contribution in [3.05, 3.63) is 21.5 Å². The highest BCUT2D eigenvalue weighted by Gasteiger charge is 2.23. The molecule has 0 unspecified atom stereocenters. The Hall–Kier alpha value is -1.43. The highest BCUT2D eigenvalue weighted by atomic mass is 16.6. The van der Waals surface area contributed by atoms with Crippen molar-refractivity contribution >= 4 is 5.69 Å². The zero-order chi connectivity index (χ0) is 13.3. The van der Waals surface area contributed by atoms with E-state index in [1.807, 2.05) is 0 Å². The van der Waals surface area contributed by atoms with Crippen LogP contribution in [-0.2, 0) is 6.67 Å². The third-order valence-electron chi connectivity index (χ3n) is 3.74. The van der Waals surface area contributed by atoms with Gasteiger partial charge in [0.05, 0.1) is 11.6 Å². The van der Waals surface area contributed by atoms with E-state index in [4.69, 9.17) is 0 Å². The van der Waals surface area contributed by atoms with Crippen LogP contribution in [0.1, 0.15) is 31.2 Å². The van der Waals surface area contributed by atoms with Crippen LogP contribution >= 0.6 is 0 Å². The second-order valence-corrected chi connectivity index (χ2v) is 5.22. The van der Waals surface area contributed by atoms with Gasteiger partial charge >= 0.3 is 5.69 Å². The molecule has 0 aliphatic carbocycles. The monoisotopic (exact) mass is 252 g/mol. The first kappa shape index (κ1) is 13.0. The van der Waals surface area contributed by atoms with Gasteiger partial charge < -0.3 is 0 Å². The molecule has 1 fully saturated rings. The fourth-order valence-corrected chi connectivity index (χ4v) is 2.48. The van der Waals surface area contributed by atoms with Crippen LogP contribution in [0.25, 0.3) is 0 Å². The Labute approximate surface area is 107 Å². The Morgan fingerprint density at radius 2 is 2.00 bits per heavy atom. The molecule has 6 nitrogen and oxygen atoms in total. The molecule has 0 N–H and O–H groups in total. The molecule has 1 saturated heterocycles. The van der Waals surface area contributed by atoms with Gasteiger partial charge in [-0.15, -0.1) is 0 Å². The van der Waals surface area contributed by atoms with Gasteiger partial charge in [-0.05, 0) is 32.6 Å². The average Bonchev–Trinajstić information content (AvgIpc) is 2.57. The number of nitro groups is 1. The minimum atomic E-state index is -0.341. The SMILES string of the molecule is Cc1nn(CN2CCC(C)CC2)c(C)c1[N+](=O)[O-]. The van der Waals surface area contributed by atoms with Crippen molar-refractivity contribution in [3.63, 3.8) is 0 Å². The summed E-state index contributed by atoms with van der Waals surface area (Å²) < 4.78 is 1.75. The molecule has 100 valence electrons. The Balaban J connectivity index is 2.10. The highest BCUT2D eigenvalue weighted by Crippen LogP contribution is 2.23. The molecule has 2 heterocycles. The lowest BCUT2D eigenvalue weighted by Gasteiger charge is -2.30. The molecule has 1 aliphatic rings. The van der Waals surface area contributed by atoms with E-state index in [1.54, 1.807) is 18.5 Å². The van der Waals surface area contributed by atoms with Gasteiger partial charge in [-0.3, -0.25) is 15.0 Å². The Kier molecular flexibility index (Phi) is 3.65. The number of aromatic nitrogens is 2. The molecular weight excluding hydrogens is 232 g/mol. The molecule has 0 saturated carbocycles. The van der Waals surface area contributed by atoms with Gasteiger partial charge in [0.25, 0.3) is 0 Å². The van der Waals surface area contributed by atoms with E-state index >= 15 is 0 Å². The van der Waals surface area contributed by atoms with Crippen molar-refractivity contribution in [2.75, 3.05) is 13.1 Å². The maximum Gasteiger partial charge on any atom is 0.312 e. The maximum atomic E-state index is 10.9. The molecule has 0 spiro atoms. The van der Waals surface area contributed by atoms with Gasteiger partial charge in [0.1, 0.15) is 11.4 Å². The fraction of sp³-hybridized carbons (Fsp3) is 0.750. The normalized spacial score (nSPS) is 18.2. The van der Waals surface area contributed by atoms with Crippen molar-refractivity contribution in [2.45, 2.75) is 40.3 Å². The molecule has 1 aliphatic heterocycles. The molecule has 1 aromatic heterocycles. The van der Waals surface area contributed by atoms with E-state index in [0.29, 0.717) is 18.1 Å². The summed E-state index contributed by atoms with van der Waals surface area (Å²) in [4.78, 5) is 12.9. The quantitative estimate of drug-likeness (QED) is 0.610. The third kappa shape index (κ3) is 2.53. The van der Waals surface area contributed by atoms with E-state index in [1.165, 1.54) is 12.8 Å². The topological polar surface area (TPSA) is 64.2 Å². The second-order valence-electron chi connectivity index (χ2n) is 5.22. The van der Waals surface area contributed by atoms with Crippen molar-refractivity contribution in [1.82, 2.24) is 14.7 Å². The van der Waals surface area contributed by atoms with Crippen LogP contribution in [0.3, 0.4) is 0 Å². The fourth-order valence-electron chi connectivity index (χ4n) is 2.48. The minimum absolute atomic E-state index is 0.153. The number of hydrogen-bond donors (Lipinski definition) is 0. The van der Waals surface area contributed by atoms with E-state index < -0.39 is 0 Å². The summed E-state index contributed by atoms with van der Waals surface area (Å²) in [5.74, 6) is 0.788. The molecule has 0 atom stereocenters. The number of nitrogens with zero attached hydrogens (tertiary/aromatic N) is 4. The predicted molar refractivity (Wildman–Crippen MR) is 68.3 cm³/mol. The lowest BCUT2D eigenvalue weighted by molar-refractivity contribution is -0.386. The van der Waals surface area contributed by atoms with Crippen molar-refractivity contribution in [2.24, 2.45) is 5.92 Å². The Morgan fingerprint density at radius 1 is 1.39 bits per heavy atom. The predicted octanol–water partition coefficient (Wildman–Crippen LogP) is 2.10. The number of likely N-dealkylation sites (tertiary alicyclic amines) is 1. The molecule has 1 aromatic rings. The zero-order valence-corrected chi connectivity index (χ0v) is 11.2. The molecule has 0 aromatic carbocycles. The molecule has 6 heteroatoms. The number of piperidine rings is 1. The summed E-state index contributed by atoms with van der Waals surface area (Å²) in [7, 11) is 0. The lowest BCUT2D eigenvalue weighted by Crippen LogP contribution is -2.35. The Morgan fingerprint density at radius 3 is 2.50 bits per heavy atom. The van der Waals surface area contributed by atoms with Gasteiger partial charge in [0, 0.05) is 13.1 Å². The molecule has 0 radical (unpaired) electrons. The van der Waals surface area contributed by atoms with Crippen LogP contribution < -0.4 is 0 Å². The zero-order valence-electron chi connectivity index (χ0n) is 11.2. The molecular formula is C12H20N4O2.